The molecule has 6 heteroatoms. The largest absolute Gasteiger partial charge is 0.487 e. The van der Waals surface area contributed by atoms with Crippen LogP contribution >= 0.6 is 0 Å². The van der Waals surface area contributed by atoms with Crippen LogP contribution in [0.15, 0.2) is 59.2 Å². The highest BCUT2D eigenvalue weighted by atomic mass is 19.1. The van der Waals surface area contributed by atoms with Crippen LogP contribution in [-0.2, 0) is 17.6 Å². The summed E-state index contributed by atoms with van der Waals surface area (Å²) in [4.78, 5) is 12.1. The minimum absolute atomic E-state index is 0.0818. The van der Waals surface area contributed by atoms with E-state index in [-0.39, 0.29) is 28.7 Å². The van der Waals surface area contributed by atoms with Crippen LogP contribution < -0.4 is 10.1 Å². The van der Waals surface area contributed by atoms with Gasteiger partial charge in [0.1, 0.15) is 22.9 Å². The predicted octanol–water partition coefficient (Wildman–Crippen LogP) is 7.35. The topological polar surface area (TPSA) is 71.7 Å². The SMILES string of the molecule is CC(=O)N[C@@H](Cc1ccc(F)c(-c2ccco2)c1)[C@H](O)CC[C@H]1CC2(CCC2)Oc2ccc(CC(C)(C)C)cc21. The van der Waals surface area contributed by atoms with Crippen molar-refractivity contribution in [2.24, 2.45) is 5.41 Å². The van der Waals surface area contributed by atoms with Crippen LogP contribution in [0.3, 0.4) is 0 Å². The van der Waals surface area contributed by atoms with Gasteiger partial charge in [0.2, 0.25) is 5.91 Å². The summed E-state index contributed by atoms with van der Waals surface area (Å²) in [7, 11) is 0. The Bertz CT molecular complexity index is 1320. The molecule has 1 aliphatic carbocycles. The van der Waals surface area contributed by atoms with Crippen molar-refractivity contribution >= 4 is 5.91 Å². The lowest BCUT2D eigenvalue weighted by atomic mass is 9.69. The molecule has 1 aliphatic heterocycles. The van der Waals surface area contributed by atoms with Gasteiger partial charge in [-0.25, -0.2) is 4.39 Å². The van der Waals surface area contributed by atoms with Crippen molar-refractivity contribution < 1.29 is 23.4 Å². The fraction of sp³-hybridized carbons (Fsp3) is 0.500. The average Bonchev–Trinajstić information content (AvgIpc) is 3.40. The van der Waals surface area contributed by atoms with Crippen molar-refractivity contribution in [1.29, 1.82) is 0 Å². The molecule has 214 valence electrons. The summed E-state index contributed by atoms with van der Waals surface area (Å²) >= 11 is 0. The van der Waals surface area contributed by atoms with Crippen molar-refractivity contribution in [3.05, 3.63) is 77.3 Å². The summed E-state index contributed by atoms with van der Waals surface area (Å²) in [5, 5.41) is 14.3. The zero-order valence-corrected chi connectivity index (χ0v) is 24.1. The number of rotatable bonds is 9. The van der Waals surface area contributed by atoms with Crippen molar-refractivity contribution in [2.75, 3.05) is 0 Å². The number of halogens is 1. The van der Waals surface area contributed by atoms with E-state index in [4.69, 9.17) is 9.15 Å². The molecule has 5 nitrogen and oxygen atoms in total. The van der Waals surface area contributed by atoms with E-state index < -0.39 is 12.1 Å². The number of benzene rings is 2. The average molecular weight is 548 g/mol. The number of furan rings is 1. The maximum atomic E-state index is 14.5. The zero-order valence-electron chi connectivity index (χ0n) is 24.1. The maximum Gasteiger partial charge on any atom is 0.217 e. The summed E-state index contributed by atoms with van der Waals surface area (Å²) < 4.78 is 26.5. The normalized spacial score (nSPS) is 19.3. The number of carbonyl (C=O) groups is 1. The van der Waals surface area contributed by atoms with Gasteiger partial charge in [-0.3, -0.25) is 4.79 Å². The number of hydrogen-bond donors (Lipinski definition) is 2. The van der Waals surface area contributed by atoms with E-state index in [9.17, 15) is 14.3 Å². The van der Waals surface area contributed by atoms with Gasteiger partial charge in [-0.2, -0.15) is 0 Å². The third-order valence-corrected chi connectivity index (χ3v) is 8.40. The van der Waals surface area contributed by atoms with Crippen LogP contribution in [0.1, 0.15) is 88.8 Å². The molecule has 3 aromatic rings. The number of aliphatic hydroxyl groups is 1. The minimum Gasteiger partial charge on any atom is -0.487 e. The molecule has 1 saturated carbocycles. The van der Waals surface area contributed by atoms with Crippen LogP contribution in [0.2, 0.25) is 0 Å². The number of amides is 1. The quantitative estimate of drug-likeness (QED) is 0.294. The molecule has 1 amide bonds. The van der Waals surface area contributed by atoms with Crippen molar-refractivity contribution in [2.45, 2.75) is 103 Å². The Morgan fingerprint density at radius 3 is 2.58 bits per heavy atom. The number of ether oxygens (including phenoxy) is 1. The number of hydrogen-bond acceptors (Lipinski definition) is 4. The Labute approximate surface area is 237 Å². The van der Waals surface area contributed by atoms with Gasteiger partial charge in [-0.15, -0.1) is 0 Å². The second-order valence-corrected chi connectivity index (χ2v) is 13.1. The monoisotopic (exact) mass is 547 g/mol. The third kappa shape index (κ3) is 6.60. The molecule has 40 heavy (non-hydrogen) atoms. The van der Waals surface area contributed by atoms with Gasteiger partial charge in [-0.1, -0.05) is 39.0 Å². The van der Waals surface area contributed by atoms with Crippen LogP contribution in [0.5, 0.6) is 5.75 Å². The molecule has 2 aliphatic rings. The molecule has 0 saturated heterocycles. The van der Waals surface area contributed by atoms with E-state index in [1.165, 1.54) is 36.8 Å². The lowest BCUT2D eigenvalue weighted by molar-refractivity contribution is -0.120. The van der Waals surface area contributed by atoms with Gasteiger partial charge in [-0.05, 0) is 110 Å². The van der Waals surface area contributed by atoms with Crippen molar-refractivity contribution in [1.82, 2.24) is 5.32 Å². The first-order valence-corrected chi connectivity index (χ1v) is 14.6. The molecule has 5 rings (SSSR count). The molecule has 1 aromatic heterocycles. The van der Waals surface area contributed by atoms with E-state index >= 15 is 0 Å². The van der Waals surface area contributed by atoms with Gasteiger partial charge in [0.25, 0.3) is 0 Å². The van der Waals surface area contributed by atoms with Gasteiger partial charge in [0.05, 0.1) is 24.0 Å². The molecule has 2 N–H and O–H groups in total. The van der Waals surface area contributed by atoms with Crippen LogP contribution in [0.4, 0.5) is 4.39 Å². The molecule has 3 atom stereocenters. The molecule has 2 heterocycles. The molecule has 1 fully saturated rings. The minimum atomic E-state index is -0.748. The Morgan fingerprint density at radius 1 is 1.15 bits per heavy atom. The van der Waals surface area contributed by atoms with Crippen molar-refractivity contribution in [3.63, 3.8) is 0 Å². The summed E-state index contributed by atoms with van der Waals surface area (Å²) in [6.07, 6.45) is 7.79. The molecular weight excluding hydrogens is 505 g/mol. The Balaban J connectivity index is 1.33. The first-order chi connectivity index (χ1) is 19.0. The Kier molecular flexibility index (Phi) is 8.10. The number of aliphatic hydroxyl groups excluding tert-OH is 1. The first-order valence-electron chi connectivity index (χ1n) is 14.6. The summed E-state index contributed by atoms with van der Waals surface area (Å²) in [5.74, 6) is 1.15. The summed E-state index contributed by atoms with van der Waals surface area (Å²) in [6.45, 7) is 8.22. The summed E-state index contributed by atoms with van der Waals surface area (Å²) in [5.41, 5.74) is 3.85. The number of fused-ring (bicyclic) bond motifs is 1. The smallest absolute Gasteiger partial charge is 0.217 e. The Hall–Kier alpha value is -3.12. The highest BCUT2D eigenvalue weighted by Gasteiger charge is 2.45. The lowest BCUT2D eigenvalue weighted by Gasteiger charge is -2.48. The van der Waals surface area contributed by atoms with Crippen LogP contribution in [-0.4, -0.2) is 28.8 Å². The molecule has 0 bridgehead atoms. The first kappa shape index (κ1) is 28.4. The maximum absolute atomic E-state index is 14.5. The fourth-order valence-corrected chi connectivity index (χ4v) is 6.39. The molecular formula is C34H42FNO4. The van der Waals surface area contributed by atoms with Gasteiger partial charge in [0.15, 0.2) is 0 Å². The fourth-order valence-electron chi connectivity index (χ4n) is 6.39. The summed E-state index contributed by atoms with van der Waals surface area (Å²) in [6, 6.07) is 14.5. The molecule has 0 unspecified atom stereocenters. The third-order valence-electron chi connectivity index (χ3n) is 8.40. The van der Waals surface area contributed by atoms with E-state index in [1.54, 1.807) is 24.3 Å². The van der Waals surface area contributed by atoms with Crippen LogP contribution in [0, 0.1) is 11.2 Å². The second kappa shape index (κ2) is 11.4. The van der Waals surface area contributed by atoms with Crippen molar-refractivity contribution in [3.8, 4) is 17.1 Å². The van der Waals surface area contributed by atoms with E-state index in [0.29, 0.717) is 24.2 Å². The predicted molar refractivity (Wildman–Crippen MR) is 155 cm³/mol. The van der Waals surface area contributed by atoms with Gasteiger partial charge < -0.3 is 19.6 Å². The van der Waals surface area contributed by atoms with Gasteiger partial charge >= 0.3 is 0 Å². The van der Waals surface area contributed by atoms with Gasteiger partial charge in [0, 0.05) is 6.92 Å². The molecule has 2 aromatic carbocycles. The van der Waals surface area contributed by atoms with E-state index in [2.05, 4.69) is 44.3 Å². The highest BCUT2D eigenvalue weighted by Crippen LogP contribution is 2.51. The highest BCUT2D eigenvalue weighted by molar-refractivity contribution is 5.73. The number of nitrogens with one attached hydrogen (secondary N) is 1. The van der Waals surface area contributed by atoms with Crippen LogP contribution in [0.25, 0.3) is 11.3 Å². The number of carbonyl (C=O) groups excluding carboxylic acids is 1. The van der Waals surface area contributed by atoms with E-state index in [1.807, 2.05) is 0 Å². The molecule has 1 spiro atoms. The second-order valence-electron chi connectivity index (χ2n) is 13.1. The standard InChI is InChI=1S/C34H42FNO4/c1-22(37)36-29(19-23-8-11-28(35)27(17-23)31-7-5-16-39-31)30(38)12-10-25-21-34(14-6-15-34)40-32-13-9-24(18-26(25)32)20-33(2,3)4/h5,7-9,11,13,16-18,25,29-30,38H,6,10,12,14-15,19-21H2,1-4H3,(H,36,37)/t25-,29-,30+/m0/s1. The van der Waals surface area contributed by atoms with E-state index in [0.717, 1.165) is 43.4 Å². The molecule has 0 radical (unpaired) electrons. The zero-order chi connectivity index (χ0) is 28.5. The lowest BCUT2D eigenvalue weighted by Crippen LogP contribution is -2.47. The Morgan fingerprint density at radius 2 is 1.93 bits per heavy atom.